The van der Waals surface area contributed by atoms with E-state index in [9.17, 15) is 0 Å². The second-order valence-electron chi connectivity index (χ2n) is 4.65. The topological polar surface area (TPSA) is 61.0 Å². The summed E-state index contributed by atoms with van der Waals surface area (Å²) < 4.78 is 5.42. The van der Waals surface area contributed by atoms with Crippen LogP contribution in [-0.4, -0.2) is 16.6 Å². The summed E-state index contributed by atoms with van der Waals surface area (Å²) in [6.07, 6.45) is 0. The van der Waals surface area contributed by atoms with Gasteiger partial charge >= 0.3 is 0 Å². The zero-order valence-electron chi connectivity index (χ0n) is 11.6. The molecule has 1 aromatic heterocycles. The molecule has 2 aromatic rings. The van der Waals surface area contributed by atoms with E-state index in [1.165, 1.54) is 0 Å². The molecule has 100 valence electrons. The van der Waals surface area contributed by atoms with Gasteiger partial charge in [-0.05, 0) is 43.2 Å². The molecule has 0 bridgehead atoms. The Labute approximate surface area is 113 Å². The third-order valence-electron chi connectivity index (χ3n) is 2.82. The fourth-order valence-corrected chi connectivity index (χ4v) is 1.82. The van der Waals surface area contributed by atoms with Crippen LogP contribution in [-0.2, 0) is 0 Å². The van der Waals surface area contributed by atoms with Crippen molar-refractivity contribution in [3.8, 4) is 17.0 Å². The van der Waals surface area contributed by atoms with Crippen molar-refractivity contribution in [3.05, 3.63) is 36.0 Å². The van der Waals surface area contributed by atoms with Crippen molar-refractivity contribution in [1.29, 1.82) is 0 Å². The fraction of sp³-hybridized carbons (Fsp3) is 0.333. The number of hydrogen-bond acceptors (Lipinski definition) is 4. The molecule has 0 spiro atoms. The van der Waals surface area contributed by atoms with Crippen LogP contribution < -0.4 is 10.5 Å². The van der Waals surface area contributed by atoms with E-state index in [0.717, 1.165) is 22.7 Å². The lowest BCUT2D eigenvalue weighted by Gasteiger charge is -2.09. The summed E-state index contributed by atoms with van der Waals surface area (Å²) in [5.74, 6) is 1.50. The van der Waals surface area contributed by atoms with Gasteiger partial charge in [-0.2, -0.15) is 0 Å². The fourth-order valence-electron chi connectivity index (χ4n) is 1.82. The van der Waals surface area contributed by atoms with E-state index in [0.29, 0.717) is 18.5 Å². The third kappa shape index (κ3) is 3.22. The number of nitrogens with two attached hydrogens (primary N) is 1. The monoisotopic (exact) mass is 257 g/mol. The lowest BCUT2D eigenvalue weighted by Crippen LogP contribution is -2.02. The van der Waals surface area contributed by atoms with Gasteiger partial charge in [-0.1, -0.05) is 13.8 Å². The Morgan fingerprint density at radius 1 is 1.16 bits per heavy atom. The Morgan fingerprint density at radius 3 is 2.42 bits per heavy atom. The van der Waals surface area contributed by atoms with Crippen LogP contribution in [0.5, 0.6) is 5.75 Å². The Morgan fingerprint density at radius 2 is 1.84 bits per heavy atom. The summed E-state index contributed by atoms with van der Waals surface area (Å²) in [4.78, 5) is 8.54. The first-order chi connectivity index (χ1) is 9.10. The van der Waals surface area contributed by atoms with Crippen LogP contribution in [0.25, 0.3) is 11.3 Å². The quantitative estimate of drug-likeness (QED) is 0.913. The van der Waals surface area contributed by atoms with Crippen molar-refractivity contribution in [3.63, 3.8) is 0 Å². The van der Waals surface area contributed by atoms with Gasteiger partial charge in [0.25, 0.3) is 0 Å². The maximum Gasteiger partial charge on any atom is 0.220 e. The number of anilines is 1. The van der Waals surface area contributed by atoms with Crippen molar-refractivity contribution < 1.29 is 4.74 Å². The standard InChI is InChI=1S/C15H19N3O/c1-4-19-12-7-5-11(6-8-12)14-9-13(10(2)3)17-15(16)18-14/h5-10H,4H2,1-3H3,(H2,16,17,18). The molecule has 0 fully saturated rings. The largest absolute Gasteiger partial charge is 0.494 e. The average Bonchev–Trinajstić information content (AvgIpc) is 2.39. The van der Waals surface area contributed by atoms with Gasteiger partial charge in [-0.15, -0.1) is 0 Å². The Hall–Kier alpha value is -2.10. The Kier molecular flexibility index (Phi) is 4.00. The molecule has 0 saturated heterocycles. The zero-order chi connectivity index (χ0) is 13.8. The Bertz CT molecular complexity index is 550. The molecule has 0 unspecified atom stereocenters. The lowest BCUT2D eigenvalue weighted by molar-refractivity contribution is 0.340. The number of aromatic nitrogens is 2. The lowest BCUT2D eigenvalue weighted by atomic mass is 10.1. The number of ether oxygens (including phenoxy) is 1. The van der Waals surface area contributed by atoms with E-state index in [-0.39, 0.29) is 0 Å². The van der Waals surface area contributed by atoms with Crippen molar-refractivity contribution in [2.75, 3.05) is 12.3 Å². The molecule has 0 radical (unpaired) electrons. The number of rotatable bonds is 4. The molecule has 2 rings (SSSR count). The summed E-state index contributed by atoms with van der Waals surface area (Å²) in [7, 11) is 0. The van der Waals surface area contributed by atoms with Gasteiger partial charge in [0.15, 0.2) is 0 Å². The van der Waals surface area contributed by atoms with Gasteiger partial charge in [0.1, 0.15) is 5.75 Å². The molecular formula is C15H19N3O. The van der Waals surface area contributed by atoms with E-state index in [2.05, 4.69) is 23.8 Å². The van der Waals surface area contributed by atoms with Crippen LogP contribution in [0.4, 0.5) is 5.95 Å². The normalized spacial score (nSPS) is 10.7. The van der Waals surface area contributed by atoms with Crippen molar-refractivity contribution in [2.24, 2.45) is 0 Å². The van der Waals surface area contributed by atoms with Crippen LogP contribution in [0.1, 0.15) is 32.4 Å². The molecule has 0 aliphatic heterocycles. The average molecular weight is 257 g/mol. The van der Waals surface area contributed by atoms with Gasteiger partial charge < -0.3 is 10.5 Å². The number of nitrogens with zero attached hydrogens (tertiary/aromatic N) is 2. The van der Waals surface area contributed by atoms with E-state index < -0.39 is 0 Å². The van der Waals surface area contributed by atoms with Crippen molar-refractivity contribution >= 4 is 5.95 Å². The van der Waals surface area contributed by atoms with E-state index in [1.807, 2.05) is 37.3 Å². The third-order valence-corrected chi connectivity index (χ3v) is 2.82. The molecule has 1 aromatic carbocycles. The molecule has 1 heterocycles. The van der Waals surface area contributed by atoms with Crippen LogP contribution in [0, 0.1) is 0 Å². The highest BCUT2D eigenvalue weighted by Crippen LogP contribution is 2.24. The van der Waals surface area contributed by atoms with Gasteiger partial charge in [-0.25, -0.2) is 9.97 Å². The molecule has 2 N–H and O–H groups in total. The zero-order valence-corrected chi connectivity index (χ0v) is 11.6. The molecule has 19 heavy (non-hydrogen) atoms. The van der Waals surface area contributed by atoms with Gasteiger partial charge in [0.2, 0.25) is 5.95 Å². The smallest absolute Gasteiger partial charge is 0.220 e. The number of nitrogen functional groups attached to an aromatic ring is 1. The highest BCUT2D eigenvalue weighted by atomic mass is 16.5. The van der Waals surface area contributed by atoms with Crippen LogP contribution >= 0.6 is 0 Å². The second kappa shape index (κ2) is 5.69. The molecule has 0 atom stereocenters. The highest BCUT2D eigenvalue weighted by Gasteiger charge is 2.08. The first kappa shape index (κ1) is 13.3. The van der Waals surface area contributed by atoms with Gasteiger partial charge in [0, 0.05) is 11.3 Å². The summed E-state index contributed by atoms with van der Waals surface area (Å²) in [5.41, 5.74) is 8.58. The van der Waals surface area contributed by atoms with E-state index >= 15 is 0 Å². The molecule has 0 aliphatic carbocycles. The van der Waals surface area contributed by atoms with Gasteiger partial charge in [0.05, 0.1) is 12.3 Å². The predicted molar refractivity (Wildman–Crippen MR) is 77.1 cm³/mol. The van der Waals surface area contributed by atoms with E-state index in [1.54, 1.807) is 0 Å². The van der Waals surface area contributed by atoms with Crippen molar-refractivity contribution in [2.45, 2.75) is 26.7 Å². The Balaban J connectivity index is 2.35. The molecule has 4 heteroatoms. The van der Waals surface area contributed by atoms with Crippen LogP contribution in [0.3, 0.4) is 0 Å². The van der Waals surface area contributed by atoms with Crippen molar-refractivity contribution in [1.82, 2.24) is 9.97 Å². The summed E-state index contributed by atoms with van der Waals surface area (Å²) in [5, 5.41) is 0. The highest BCUT2D eigenvalue weighted by molar-refractivity contribution is 5.61. The molecule has 4 nitrogen and oxygen atoms in total. The molecular weight excluding hydrogens is 238 g/mol. The van der Waals surface area contributed by atoms with E-state index in [4.69, 9.17) is 10.5 Å². The SMILES string of the molecule is CCOc1ccc(-c2cc(C(C)C)nc(N)n2)cc1. The van der Waals surface area contributed by atoms with Gasteiger partial charge in [-0.3, -0.25) is 0 Å². The summed E-state index contributed by atoms with van der Waals surface area (Å²) >= 11 is 0. The first-order valence-corrected chi connectivity index (χ1v) is 6.48. The number of hydrogen-bond donors (Lipinski definition) is 1. The molecule has 0 saturated carbocycles. The summed E-state index contributed by atoms with van der Waals surface area (Å²) in [6.45, 7) is 6.80. The predicted octanol–water partition coefficient (Wildman–Crippen LogP) is 3.25. The minimum atomic E-state index is 0.315. The first-order valence-electron chi connectivity index (χ1n) is 6.48. The molecule has 0 aliphatic rings. The minimum Gasteiger partial charge on any atom is -0.494 e. The van der Waals surface area contributed by atoms with Crippen LogP contribution in [0.15, 0.2) is 30.3 Å². The minimum absolute atomic E-state index is 0.315. The van der Waals surface area contributed by atoms with Crippen LogP contribution in [0.2, 0.25) is 0 Å². The number of benzene rings is 1. The maximum atomic E-state index is 5.77. The molecule has 0 amide bonds. The maximum absolute atomic E-state index is 5.77. The summed E-state index contributed by atoms with van der Waals surface area (Å²) in [6, 6.07) is 9.82. The second-order valence-corrected chi connectivity index (χ2v) is 4.65.